The van der Waals surface area contributed by atoms with Crippen molar-refractivity contribution >= 4 is 11.7 Å². The Morgan fingerprint density at radius 3 is 3.09 bits per heavy atom. The number of aromatic nitrogens is 3. The van der Waals surface area contributed by atoms with Crippen LogP contribution in [0.3, 0.4) is 0 Å². The second-order valence-electron chi connectivity index (χ2n) is 5.27. The van der Waals surface area contributed by atoms with Crippen molar-refractivity contribution in [2.24, 2.45) is 0 Å². The average Bonchev–Trinajstić information content (AvgIpc) is 3.26. The van der Waals surface area contributed by atoms with Crippen LogP contribution in [-0.4, -0.2) is 45.8 Å². The lowest BCUT2D eigenvalue weighted by Gasteiger charge is -2.17. The first-order valence-corrected chi connectivity index (χ1v) is 7.11. The van der Waals surface area contributed by atoms with Gasteiger partial charge in [0.1, 0.15) is 0 Å². The molecule has 1 unspecified atom stereocenters. The van der Waals surface area contributed by atoms with Crippen molar-refractivity contribution in [1.82, 2.24) is 19.9 Å². The van der Waals surface area contributed by atoms with Crippen molar-refractivity contribution in [1.29, 1.82) is 0 Å². The van der Waals surface area contributed by atoms with Gasteiger partial charge in [0.15, 0.2) is 11.5 Å². The van der Waals surface area contributed by atoms with Gasteiger partial charge in [-0.15, -0.1) is 5.10 Å². The summed E-state index contributed by atoms with van der Waals surface area (Å²) < 4.78 is 12.4. The molecule has 2 aliphatic rings. The summed E-state index contributed by atoms with van der Waals surface area (Å²) in [6.45, 7) is 1.54. The quantitative estimate of drug-likeness (QED) is 0.908. The average molecular weight is 301 g/mol. The fraction of sp³-hybridized carbons (Fsp3) is 0.357. The fourth-order valence-electron chi connectivity index (χ4n) is 2.73. The number of amides is 2. The first kappa shape index (κ1) is 12.9. The van der Waals surface area contributed by atoms with Crippen molar-refractivity contribution in [2.45, 2.75) is 12.5 Å². The summed E-state index contributed by atoms with van der Waals surface area (Å²) in [6, 6.07) is 5.42. The van der Waals surface area contributed by atoms with E-state index in [-0.39, 0.29) is 18.9 Å². The van der Waals surface area contributed by atoms with Gasteiger partial charge < -0.3 is 19.7 Å². The number of nitrogens with one attached hydrogen (secondary N) is 1. The molecule has 114 valence electrons. The molecule has 2 amide bonds. The molecule has 4 rings (SSSR count). The molecule has 8 nitrogen and oxygen atoms in total. The van der Waals surface area contributed by atoms with E-state index in [1.54, 1.807) is 34.0 Å². The summed E-state index contributed by atoms with van der Waals surface area (Å²) in [4.78, 5) is 14.1. The fourth-order valence-corrected chi connectivity index (χ4v) is 2.73. The highest BCUT2D eigenvalue weighted by molar-refractivity contribution is 5.90. The Balaban J connectivity index is 1.40. The molecule has 2 aromatic rings. The molecule has 0 radical (unpaired) electrons. The van der Waals surface area contributed by atoms with Crippen LogP contribution in [0.15, 0.2) is 30.6 Å². The Hall–Kier alpha value is -2.77. The van der Waals surface area contributed by atoms with Crippen LogP contribution in [0.1, 0.15) is 12.5 Å². The van der Waals surface area contributed by atoms with Crippen molar-refractivity contribution in [3.8, 4) is 11.5 Å². The molecular weight excluding hydrogens is 286 g/mol. The van der Waals surface area contributed by atoms with E-state index in [4.69, 9.17) is 9.47 Å². The van der Waals surface area contributed by atoms with Crippen molar-refractivity contribution in [3.05, 3.63) is 30.6 Å². The maximum absolute atomic E-state index is 12.3. The minimum absolute atomic E-state index is 0.124. The van der Waals surface area contributed by atoms with E-state index < -0.39 is 0 Å². The highest BCUT2D eigenvalue weighted by Gasteiger charge is 2.28. The molecule has 3 heterocycles. The van der Waals surface area contributed by atoms with E-state index >= 15 is 0 Å². The molecule has 2 aliphatic heterocycles. The van der Waals surface area contributed by atoms with Crippen molar-refractivity contribution in [3.63, 3.8) is 0 Å². The number of likely N-dealkylation sites (tertiary alicyclic amines) is 1. The largest absolute Gasteiger partial charge is 0.454 e. The Morgan fingerprint density at radius 1 is 1.32 bits per heavy atom. The number of carbonyl (C=O) groups is 1. The van der Waals surface area contributed by atoms with Crippen LogP contribution in [0, 0.1) is 0 Å². The maximum atomic E-state index is 12.3. The number of nitrogens with zero attached hydrogens (tertiary/aromatic N) is 4. The van der Waals surface area contributed by atoms with Crippen LogP contribution >= 0.6 is 0 Å². The minimum Gasteiger partial charge on any atom is -0.454 e. The molecule has 22 heavy (non-hydrogen) atoms. The predicted molar refractivity (Wildman–Crippen MR) is 76.8 cm³/mol. The number of rotatable bonds is 2. The molecular formula is C14H15N5O3. The Kier molecular flexibility index (Phi) is 3.06. The molecule has 0 aliphatic carbocycles. The number of urea groups is 1. The smallest absolute Gasteiger partial charge is 0.321 e. The van der Waals surface area contributed by atoms with Crippen LogP contribution in [0.2, 0.25) is 0 Å². The first-order valence-electron chi connectivity index (χ1n) is 7.11. The van der Waals surface area contributed by atoms with Gasteiger partial charge in [-0.25, -0.2) is 9.48 Å². The van der Waals surface area contributed by atoms with E-state index in [0.29, 0.717) is 30.3 Å². The van der Waals surface area contributed by atoms with Gasteiger partial charge in [0, 0.05) is 31.0 Å². The van der Waals surface area contributed by atoms with Gasteiger partial charge in [-0.1, -0.05) is 5.21 Å². The van der Waals surface area contributed by atoms with Gasteiger partial charge >= 0.3 is 6.03 Å². The number of anilines is 1. The number of ether oxygens (including phenoxy) is 2. The predicted octanol–water partition coefficient (Wildman–Crippen LogP) is 1.49. The second kappa shape index (κ2) is 5.21. The van der Waals surface area contributed by atoms with E-state index in [1.807, 2.05) is 6.20 Å². The Morgan fingerprint density at radius 2 is 2.23 bits per heavy atom. The number of benzene rings is 1. The molecule has 1 N–H and O–H groups in total. The zero-order valence-corrected chi connectivity index (χ0v) is 11.8. The number of hydrogen-bond acceptors (Lipinski definition) is 5. The Bertz CT molecular complexity index is 688. The Labute approximate surface area is 126 Å². The monoisotopic (exact) mass is 301 g/mol. The van der Waals surface area contributed by atoms with Gasteiger partial charge in [-0.3, -0.25) is 0 Å². The van der Waals surface area contributed by atoms with Gasteiger partial charge in [0.2, 0.25) is 6.79 Å². The topological polar surface area (TPSA) is 81.5 Å². The number of fused-ring (bicyclic) bond motifs is 1. The van der Waals surface area contributed by atoms with E-state index in [2.05, 4.69) is 15.6 Å². The molecule has 0 bridgehead atoms. The third kappa shape index (κ3) is 2.32. The maximum Gasteiger partial charge on any atom is 0.321 e. The van der Waals surface area contributed by atoms with Crippen LogP contribution in [-0.2, 0) is 0 Å². The lowest BCUT2D eigenvalue weighted by molar-refractivity contribution is 0.174. The first-order chi connectivity index (χ1) is 10.8. The number of hydrogen-bond donors (Lipinski definition) is 1. The summed E-state index contributed by atoms with van der Waals surface area (Å²) in [5, 5.41) is 10.7. The van der Waals surface area contributed by atoms with Gasteiger partial charge in [0.05, 0.1) is 12.2 Å². The van der Waals surface area contributed by atoms with Crippen molar-refractivity contribution < 1.29 is 14.3 Å². The van der Waals surface area contributed by atoms with Crippen LogP contribution in [0.25, 0.3) is 0 Å². The molecule has 8 heteroatoms. The summed E-state index contributed by atoms with van der Waals surface area (Å²) in [7, 11) is 0. The summed E-state index contributed by atoms with van der Waals surface area (Å²) in [6.07, 6.45) is 4.34. The minimum atomic E-state index is -0.124. The van der Waals surface area contributed by atoms with E-state index in [9.17, 15) is 4.79 Å². The molecule has 0 spiro atoms. The van der Waals surface area contributed by atoms with Gasteiger partial charge in [-0.05, 0) is 18.6 Å². The SMILES string of the molecule is O=C(Nc1ccc2c(c1)OCO2)N1CCC(n2ccnn2)C1. The van der Waals surface area contributed by atoms with Gasteiger partial charge in [0.25, 0.3) is 0 Å². The van der Waals surface area contributed by atoms with Crippen LogP contribution in [0.5, 0.6) is 11.5 Å². The van der Waals surface area contributed by atoms with E-state index in [0.717, 1.165) is 6.42 Å². The lowest BCUT2D eigenvalue weighted by Crippen LogP contribution is -2.33. The lowest BCUT2D eigenvalue weighted by atomic mass is 10.3. The third-order valence-corrected chi connectivity index (χ3v) is 3.89. The normalized spacial score (nSPS) is 19.5. The molecule has 1 atom stereocenters. The van der Waals surface area contributed by atoms with Crippen molar-refractivity contribution in [2.75, 3.05) is 25.2 Å². The molecule has 1 aromatic carbocycles. The van der Waals surface area contributed by atoms with Crippen LogP contribution in [0.4, 0.5) is 10.5 Å². The zero-order valence-electron chi connectivity index (χ0n) is 11.8. The summed E-state index contributed by atoms with van der Waals surface area (Å²) in [5.41, 5.74) is 0.693. The molecule has 0 saturated carbocycles. The summed E-state index contributed by atoms with van der Waals surface area (Å²) in [5.74, 6) is 1.35. The highest BCUT2D eigenvalue weighted by atomic mass is 16.7. The molecule has 1 aromatic heterocycles. The number of carbonyl (C=O) groups excluding carboxylic acids is 1. The van der Waals surface area contributed by atoms with Gasteiger partial charge in [-0.2, -0.15) is 0 Å². The van der Waals surface area contributed by atoms with Crippen LogP contribution < -0.4 is 14.8 Å². The standard InChI is InChI=1S/C14H15N5O3/c20-14(16-10-1-2-12-13(7-10)22-9-21-12)18-5-3-11(8-18)19-6-4-15-17-19/h1-2,4,6-7,11H,3,5,8-9H2,(H,16,20). The molecule has 1 saturated heterocycles. The summed E-state index contributed by atoms with van der Waals surface area (Å²) >= 11 is 0. The third-order valence-electron chi connectivity index (χ3n) is 3.89. The molecule has 1 fully saturated rings. The van der Waals surface area contributed by atoms with E-state index in [1.165, 1.54) is 0 Å². The highest BCUT2D eigenvalue weighted by Crippen LogP contribution is 2.34. The zero-order chi connectivity index (χ0) is 14.9. The second-order valence-corrected chi connectivity index (χ2v) is 5.27.